The van der Waals surface area contributed by atoms with Crippen LogP contribution in [0.1, 0.15) is 47.8 Å². The van der Waals surface area contributed by atoms with Crippen LogP contribution in [-0.2, 0) is 16.0 Å². The molecule has 43 heavy (non-hydrogen) atoms. The average molecular weight is 709 g/mol. The van der Waals surface area contributed by atoms with Crippen molar-refractivity contribution in [3.63, 3.8) is 0 Å². The Hall–Kier alpha value is -3.69. The van der Waals surface area contributed by atoms with Gasteiger partial charge in [0.1, 0.15) is 17.1 Å². The van der Waals surface area contributed by atoms with Crippen molar-refractivity contribution in [2.24, 2.45) is 4.99 Å². The second kappa shape index (κ2) is 14.2. The van der Waals surface area contributed by atoms with Crippen LogP contribution in [0.15, 0.2) is 102 Å². The Morgan fingerprint density at radius 1 is 0.860 bits per heavy atom. The molecule has 0 aliphatic rings. The van der Waals surface area contributed by atoms with E-state index in [-0.39, 0.29) is 12.3 Å². The second-order valence-electron chi connectivity index (χ2n) is 11.2. The van der Waals surface area contributed by atoms with Crippen LogP contribution in [0.5, 0.6) is 11.5 Å². The predicted octanol–water partition coefficient (Wildman–Crippen LogP) is 8.23. The molecule has 4 aromatic carbocycles. The fourth-order valence-corrected chi connectivity index (χ4v) is 5.21. The average Bonchev–Trinajstić information content (AvgIpc) is 2.97. The number of halogens is 2. The maximum atomic E-state index is 13.8. The third-order valence-electron chi connectivity index (χ3n) is 6.28. The topological polar surface area (TPSA) is 68.2 Å². The lowest BCUT2D eigenvalue weighted by atomic mass is 9.99. The molecule has 222 valence electrons. The predicted molar refractivity (Wildman–Crippen MR) is 181 cm³/mol. The summed E-state index contributed by atoms with van der Waals surface area (Å²) in [5, 5.41) is 0.588. The van der Waals surface area contributed by atoms with Gasteiger partial charge >= 0.3 is 5.97 Å². The standard InChI is InChI=1S/C35H34ClIN2O4/c1-35(2,3)43-34(41)30(38-32(23-12-8-6-9-13-23)24-14-10-7-11-15-24)21-25-20-28(42-27-18-16-26(36)17-19-27)22-29(31(25)37)33(40)39(4)5/h6-20,22,30H,21H2,1-5H3. The monoisotopic (exact) mass is 708 g/mol. The minimum atomic E-state index is -0.906. The molecule has 0 aromatic heterocycles. The van der Waals surface area contributed by atoms with E-state index >= 15 is 0 Å². The van der Waals surface area contributed by atoms with E-state index in [1.165, 1.54) is 4.90 Å². The summed E-state index contributed by atoms with van der Waals surface area (Å²) in [4.78, 5) is 33.6. The molecule has 0 fully saturated rings. The molecule has 0 bridgehead atoms. The van der Waals surface area contributed by atoms with Gasteiger partial charge in [0.25, 0.3) is 5.91 Å². The molecule has 0 spiro atoms. The molecule has 0 saturated heterocycles. The molecule has 1 amide bonds. The molecular formula is C35H34ClIN2O4. The Balaban J connectivity index is 1.85. The summed E-state index contributed by atoms with van der Waals surface area (Å²) in [6.07, 6.45) is 0.182. The Bertz CT molecular complexity index is 1560. The summed E-state index contributed by atoms with van der Waals surface area (Å²) < 4.78 is 12.7. The zero-order valence-corrected chi connectivity index (χ0v) is 27.7. The van der Waals surface area contributed by atoms with Crippen LogP contribution in [0.3, 0.4) is 0 Å². The second-order valence-corrected chi connectivity index (χ2v) is 12.7. The lowest BCUT2D eigenvalue weighted by Crippen LogP contribution is -2.33. The van der Waals surface area contributed by atoms with Crippen LogP contribution in [0.2, 0.25) is 5.02 Å². The number of carbonyl (C=O) groups excluding carboxylic acids is 2. The van der Waals surface area contributed by atoms with Gasteiger partial charge in [-0.05, 0) is 85.3 Å². The van der Waals surface area contributed by atoms with Gasteiger partial charge in [-0.3, -0.25) is 9.79 Å². The van der Waals surface area contributed by atoms with Crippen molar-refractivity contribution in [3.05, 3.63) is 128 Å². The smallest absolute Gasteiger partial charge is 0.331 e. The van der Waals surface area contributed by atoms with Gasteiger partial charge in [0.05, 0.1) is 11.3 Å². The van der Waals surface area contributed by atoms with Crippen LogP contribution in [0, 0.1) is 3.57 Å². The summed E-state index contributed by atoms with van der Waals surface area (Å²) in [5.41, 5.74) is 2.90. The van der Waals surface area contributed by atoms with E-state index in [2.05, 4.69) is 22.6 Å². The zero-order valence-electron chi connectivity index (χ0n) is 24.8. The van der Waals surface area contributed by atoms with Crippen molar-refractivity contribution in [1.82, 2.24) is 4.90 Å². The molecule has 0 aliphatic heterocycles. The number of hydrogen-bond donors (Lipinski definition) is 0. The van der Waals surface area contributed by atoms with E-state index in [9.17, 15) is 9.59 Å². The molecule has 1 unspecified atom stereocenters. The van der Waals surface area contributed by atoms with E-state index in [0.717, 1.165) is 16.7 Å². The number of rotatable bonds is 9. The van der Waals surface area contributed by atoms with Crippen LogP contribution in [0.4, 0.5) is 0 Å². The highest BCUT2D eigenvalue weighted by molar-refractivity contribution is 14.1. The lowest BCUT2D eigenvalue weighted by molar-refractivity contribution is -0.156. The van der Waals surface area contributed by atoms with Gasteiger partial charge in [0.2, 0.25) is 0 Å². The maximum absolute atomic E-state index is 13.8. The van der Waals surface area contributed by atoms with Gasteiger partial charge in [0.15, 0.2) is 6.04 Å². The van der Waals surface area contributed by atoms with E-state index in [0.29, 0.717) is 31.4 Å². The first-order valence-corrected chi connectivity index (χ1v) is 15.3. The SMILES string of the molecule is CN(C)C(=O)c1cc(Oc2ccc(Cl)cc2)cc(CC(N=C(c2ccccc2)c2ccccc2)C(=O)OC(C)(C)C)c1I. The molecular weight excluding hydrogens is 675 g/mol. The van der Waals surface area contributed by atoms with Crippen molar-refractivity contribution in [3.8, 4) is 11.5 Å². The molecule has 0 radical (unpaired) electrons. The summed E-state index contributed by atoms with van der Waals surface area (Å²) in [5.74, 6) is 0.383. The van der Waals surface area contributed by atoms with Crippen LogP contribution >= 0.6 is 34.2 Å². The Morgan fingerprint density at radius 3 is 1.93 bits per heavy atom. The van der Waals surface area contributed by atoms with Crippen molar-refractivity contribution in [2.75, 3.05) is 14.1 Å². The number of benzene rings is 4. The van der Waals surface area contributed by atoms with Crippen molar-refractivity contribution in [2.45, 2.75) is 38.8 Å². The molecule has 8 heteroatoms. The van der Waals surface area contributed by atoms with E-state index in [1.54, 1.807) is 44.4 Å². The van der Waals surface area contributed by atoms with Gasteiger partial charge in [-0.15, -0.1) is 0 Å². The molecule has 4 aromatic rings. The fourth-order valence-electron chi connectivity index (χ4n) is 4.32. The van der Waals surface area contributed by atoms with E-state index < -0.39 is 17.6 Å². The van der Waals surface area contributed by atoms with Gasteiger partial charge < -0.3 is 14.4 Å². The van der Waals surface area contributed by atoms with Gasteiger partial charge in [-0.25, -0.2) is 4.79 Å². The molecule has 6 nitrogen and oxygen atoms in total. The first kappa shape index (κ1) is 32.2. The fraction of sp³-hybridized carbons (Fsp3) is 0.229. The molecule has 0 heterocycles. The van der Waals surface area contributed by atoms with E-state index in [4.69, 9.17) is 26.1 Å². The highest BCUT2D eigenvalue weighted by Crippen LogP contribution is 2.31. The molecule has 1 atom stereocenters. The van der Waals surface area contributed by atoms with Crippen LogP contribution < -0.4 is 4.74 Å². The minimum Gasteiger partial charge on any atom is -0.458 e. The lowest BCUT2D eigenvalue weighted by Gasteiger charge is -2.24. The first-order chi connectivity index (χ1) is 20.4. The number of amides is 1. The Kier molecular flexibility index (Phi) is 10.6. The summed E-state index contributed by atoms with van der Waals surface area (Å²) in [6, 6.07) is 29.2. The number of nitrogens with zero attached hydrogens (tertiary/aromatic N) is 2. The highest BCUT2D eigenvalue weighted by Gasteiger charge is 2.28. The molecule has 4 rings (SSSR count). The molecule has 0 aliphatic carbocycles. The third kappa shape index (κ3) is 8.91. The zero-order chi connectivity index (χ0) is 31.1. The van der Waals surface area contributed by atoms with Crippen molar-refractivity contribution in [1.29, 1.82) is 0 Å². The van der Waals surface area contributed by atoms with Crippen LogP contribution in [0.25, 0.3) is 0 Å². The maximum Gasteiger partial charge on any atom is 0.331 e. The third-order valence-corrected chi connectivity index (χ3v) is 7.80. The van der Waals surface area contributed by atoms with Gasteiger partial charge in [-0.1, -0.05) is 72.3 Å². The molecule has 0 saturated carbocycles. The quantitative estimate of drug-likeness (QED) is 0.0999. The summed E-state index contributed by atoms with van der Waals surface area (Å²) >= 11 is 8.22. The number of esters is 1. The van der Waals surface area contributed by atoms with Gasteiger partial charge in [-0.2, -0.15) is 0 Å². The van der Waals surface area contributed by atoms with Crippen molar-refractivity contribution >= 4 is 51.8 Å². The van der Waals surface area contributed by atoms with E-state index in [1.807, 2.05) is 87.5 Å². The number of ether oxygens (including phenoxy) is 2. The minimum absolute atomic E-state index is 0.182. The summed E-state index contributed by atoms with van der Waals surface area (Å²) in [6.45, 7) is 5.50. The molecule has 0 N–H and O–H groups in total. The number of hydrogen-bond acceptors (Lipinski definition) is 5. The Labute approximate surface area is 271 Å². The number of aliphatic imine (C=N–C) groups is 1. The number of carbonyl (C=O) groups is 2. The van der Waals surface area contributed by atoms with Crippen LogP contribution in [-0.4, -0.2) is 48.2 Å². The normalized spacial score (nSPS) is 11.8. The Morgan fingerprint density at radius 2 is 1.42 bits per heavy atom. The first-order valence-electron chi connectivity index (χ1n) is 13.8. The largest absolute Gasteiger partial charge is 0.458 e. The highest BCUT2D eigenvalue weighted by atomic mass is 127. The van der Waals surface area contributed by atoms with Crippen molar-refractivity contribution < 1.29 is 19.1 Å². The van der Waals surface area contributed by atoms with Gasteiger partial charge in [0, 0.05) is 40.2 Å². The summed E-state index contributed by atoms with van der Waals surface area (Å²) in [7, 11) is 3.40.